The first-order valence-corrected chi connectivity index (χ1v) is 16.8. The van der Waals surface area contributed by atoms with Crippen LogP contribution in [0, 0.1) is 26.7 Å². The number of anilines is 1. The average Bonchev–Trinajstić information content (AvgIpc) is 2.88. The summed E-state index contributed by atoms with van der Waals surface area (Å²) in [5, 5.41) is 6.29. The van der Waals surface area contributed by atoms with Crippen LogP contribution in [0.25, 0.3) is 0 Å². The summed E-state index contributed by atoms with van der Waals surface area (Å²) < 4.78 is 5.53. The van der Waals surface area contributed by atoms with Crippen molar-refractivity contribution in [2.75, 3.05) is 17.3 Å². The number of nitrogens with one attached hydrogen (secondary N) is 2. The van der Waals surface area contributed by atoms with Gasteiger partial charge in [0.2, 0.25) is 5.91 Å². The van der Waals surface area contributed by atoms with E-state index in [0.717, 1.165) is 23.1 Å². The highest BCUT2D eigenvalue weighted by Gasteiger charge is 2.39. The lowest BCUT2D eigenvalue weighted by Crippen LogP contribution is -2.55. The number of ether oxygens (including phenoxy) is 1. The summed E-state index contributed by atoms with van der Waals surface area (Å²) in [6.45, 7) is 17.4. The fraction of sp³-hybridized carbons (Fsp3) is 0.559. The minimum atomic E-state index is -0.971. The van der Waals surface area contributed by atoms with Crippen LogP contribution in [0.4, 0.5) is 10.5 Å². The number of halogens is 1. The lowest BCUT2D eigenvalue weighted by atomic mass is 9.94. The van der Waals surface area contributed by atoms with Gasteiger partial charge < -0.3 is 20.3 Å². The standard InChI is InChI=1S/C34H50ClN3O4S/c1-21(2)14-15-25(6)38(32(40)28(16-17-43-10)36-33(41)42-34(7,8)9)30(26-19-22(3)18-23(4)20-26)31(39)37-29-24(5)12-11-13-27(29)35/h11-13,18-21,25,28,30H,14-17H2,1-10H3,(H,36,41)(H,37,39). The first kappa shape index (κ1) is 36.5. The summed E-state index contributed by atoms with van der Waals surface area (Å²) >= 11 is 8.11. The van der Waals surface area contributed by atoms with E-state index in [4.69, 9.17) is 16.3 Å². The van der Waals surface area contributed by atoms with Gasteiger partial charge >= 0.3 is 6.09 Å². The molecule has 43 heavy (non-hydrogen) atoms. The van der Waals surface area contributed by atoms with Crippen molar-refractivity contribution in [3.05, 3.63) is 63.7 Å². The fourth-order valence-corrected chi connectivity index (χ4v) is 5.76. The fourth-order valence-electron chi connectivity index (χ4n) is 5.02. The maximum Gasteiger partial charge on any atom is 0.408 e. The number of hydrogen-bond acceptors (Lipinski definition) is 5. The van der Waals surface area contributed by atoms with Crippen molar-refractivity contribution >= 4 is 47.0 Å². The molecule has 0 heterocycles. The quantitative estimate of drug-likeness (QED) is 0.232. The van der Waals surface area contributed by atoms with Crippen LogP contribution in [0.1, 0.15) is 89.1 Å². The molecule has 2 rings (SSSR count). The summed E-state index contributed by atoms with van der Waals surface area (Å²) in [5.74, 6) is 0.351. The van der Waals surface area contributed by atoms with Gasteiger partial charge in [0.15, 0.2) is 0 Å². The number of carbonyl (C=O) groups is 3. The van der Waals surface area contributed by atoms with Crippen molar-refractivity contribution < 1.29 is 19.1 Å². The number of hydrogen-bond donors (Lipinski definition) is 2. The van der Waals surface area contributed by atoms with Gasteiger partial charge in [-0.05, 0) is 103 Å². The average molecular weight is 632 g/mol. The first-order chi connectivity index (χ1) is 20.0. The van der Waals surface area contributed by atoms with E-state index in [9.17, 15) is 14.4 Å². The van der Waals surface area contributed by atoms with E-state index >= 15 is 0 Å². The number of thioether (sulfide) groups is 1. The minimum Gasteiger partial charge on any atom is -0.444 e. The summed E-state index contributed by atoms with van der Waals surface area (Å²) in [7, 11) is 0. The van der Waals surface area contributed by atoms with Crippen LogP contribution in [0.15, 0.2) is 36.4 Å². The molecule has 0 spiro atoms. The van der Waals surface area contributed by atoms with E-state index < -0.39 is 23.8 Å². The van der Waals surface area contributed by atoms with Gasteiger partial charge in [0.1, 0.15) is 17.7 Å². The Bertz CT molecular complexity index is 1220. The maximum absolute atomic E-state index is 14.7. The van der Waals surface area contributed by atoms with E-state index in [-0.39, 0.29) is 17.9 Å². The van der Waals surface area contributed by atoms with Crippen LogP contribution < -0.4 is 10.6 Å². The van der Waals surface area contributed by atoms with Crippen LogP contribution in [0.2, 0.25) is 5.02 Å². The predicted molar refractivity (Wildman–Crippen MR) is 180 cm³/mol. The summed E-state index contributed by atoms with van der Waals surface area (Å²) in [6, 6.07) is 9.21. The number of aryl methyl sites for hydroxylation is 3. The molecule has 3 unspecified atom stereocenters. The Kier molecular flexibility index (Phi) is 13.9. The van der Waals surface area contributed by atoms with Gasteiger partial charge in [-0.15, -0.1) is 0 Å². The van der Waals surface area contributed by atoms with Crippen LogP contribution in [0.5, 0.6) is 0 Å². The molecule has 0 aliphatic rings. The number of alkyl carbamates (subject to hydrolysis) is 1. The summed E-state index contributed by atoms with van der Waals surface area (Å²) in [5.41, 5.74) is 3.26. The van der Waals surface area contributed by atoms with E-state index in [1.165, 1.54) is 0 Å². The molecule has 9 heteroatoms. The molecular formula is C34H50ClN3O4S. The maximum atomic E-state index is 14.7. The predicted octanol–water partition coefficient (Wildman–Crippen LogP) is 8.24. The van der Waals surface area contributed by atoms with E-state index in [1.54, 1.807) is 43.5 Å². The molecule has 0 aliphatic heterocycles. The SMILES string of the molecule is CSCCC(NC(=O)OC(C)(C)C)C(=O)N(C(C)CCC(C)C)C(C(=O)Nc1c(C)cccc1Cl)c1cc(C)cc(C)c1. The Morgan fingerprint density at radius 1 is 0.977 bits per heavy atom. The molecular weight excluding hydrogens is 582 g/mol. The molecule has 0 aliphatic carbocycles. The van der Waals surface area contributed by atoms with Gasteiger partial charge in [-0.2, -0.15) is 11.8 Å². The molecule has 0 radical (unpaired) electrons. The van der Waals surface area contributed by atoms with Gasteiger partial charge in [0.05, 0.1) is 10.7 Å². The second kappa shape index (κ2) is 16.4. The highest BCUT2D eigenvalue weighted by Crippen LogP contribution is 2.32. The number of benzene rings is 2. The smallest absolute Gasteiger partial charge is 0.408 e. The number of amides is 3. The molecule has 0 saturated heterocycles. The molecule has 2 aromatic carbocycles. The largest absolute Gasteiger partial charge is 0.444 e. The van der Waals surface area contributed by atoms with Crippen LogP contribution >= 0.6 is 23.4 Å². The monoisotopic (exact) mass is 631 g/mol. The Morgan fingerprint density at radius 2 is 1.60 bits per heavy atom. The number of rotatable bonds is 13. The van der Waals surface area contributed by atoms with Gasteiger partial charge in [-0.1, -0.05) is 66.9 Å². The molecule has 0 bridgehead atoms. The molecule has 2 aromatic rings. The van der Waals surface area contributed by atoms with Crippen molar-refractivity contribution in [1.82, 2.24) is 10.2 Å². The summed E-state index contributed by atoms with van der Waals surface area (Å²) in [6.07, 6.45) is 3.23. The minimum absolute atomic E-state index is 0.309. The van der Waals surface area contributed by atoms with Gasteiger partial charge in [-0.3, -0.25) is 9.59 Å². The number of para-hydroxylation sites is 1. The van der Waals surface area contributed by atoms with Gasteiger partial charge in [-0.25, -0.2) is 4.79 Å². The van der Waals surface area contributed by atoms with Crippen molar-refractivity contribution in [3.63, 3.8) is 0 Å². The van der Waals surface area contributed by atoms with E-state index in [0.29, 0.717) is 40.8 Å². The Balaban J connectivity index is 2.71. The highest BCUT2D eigenvalue weighted by atomic mass is 35.5. The number of carbonyl (C=O) groups excluding carboxylic acids is 3. The van der Waals surface area contributed by atoms with E-state index in [2.05, 4.69) is 24.5 Å². The lowest BCUT2D eigenvalue weighted by molar-refractivity contribution is -0.143. The third-order valence-electron chi connectivity index (χ3n) is 7.05. The molecule has 2 N–H and O–H groups in total. The van der Waals surface area contributed by atoms with Crippen LogP contribution in [-0.4, -0.2) is 52.5 Å². The van der Waals surface area contributed by atoms with Gasteiger partial charge in [0, 0.05) is 6.04 Å². The van der Waals surface area contributed by atoms with Gasteiger partial charge in [0.25, 0.3) is 5.91 Å². The van der Waals surface area contributed by atoms with Crippen molar-refractivity contribution in [2.45, 2.75) is 105 Å². The van der Waals surface area contributed by atoms with Crippen LogP contribution in [-0.2, 0) is 14.3 Å². The molecule has 3 amide bonds. The first-order valence-electron chi connectivity index (χ1n) is 15.0. The van der Waals surface area contributed by atoms with Crippen LogP contribution in [0.3, 0.4) is 0 Å². The second-order valence-corrected chi connectivity index (χ2v) is 14.2. The molecule has 7 nitrogen and oxygen atoms in total. The molecule has 238 valence electrons. The van der Waals surface area contributed by atoms with E-state index in [1.807, 2.05) is 64.3 Å². The molecule has 3 atom stereocenters. The Morgan fingerprint density at radius 3 is 2.14 bits per heavy atom. The highest BCUT2D eigenvalue weighted by molar-refractivity contribution is 7.98. The van der Waals surface area contributed by atoms with Crippen molar-refractivity contribution in [2.24, 2.45) is 5.92 Å². The molecule has 0 saturated carbocycles. The summed E-state index contributed by atoms with van der Waals surface area (Å²) in [4.78, 5) is 43.6. The normalized spacial score (nSPS) is 13.7. The number of nitrogens with zero attached hydrogens (tertiary/aromatic N) is 1. The Hall–Kier alpha value is -2.71. The molecule has 0 fully saturated rings. The Labute approximate surface area is 267 Å². The lowest BCUT2D eigenvalue weighted by Gasteiger charge is -2.39. The zero-order valence-electron chi connectivity index (χ0n) is 27.5. The zero-order chi connectivity index (χ0) is 32.5. The second-order valence-electron chi connectivity index (χ2n) is 12.8. The van der Waals surface area contributed by atoms with Crippen molar-refractivity contribution in [1.29, 1.82) is 0 Å². The topological polar surface area (TPSA) is 87.7 Å². The zero-order valence-corrected chi connectivity index (χ0v) is 29.0. The third-order valence-corrected chi connectivity index (χ3v) is 8.01. The van der Waals surface area contributed by atoms with Crippen molar-refractivity contribution in [3.8, 4) is 0 Å². The third kappa shape index (κ3) is 11.4. The molecule has 0 aromatic heterocycles.